The number of hydrogen-bond acceptors (Lipinski definition) is 4. The van der Waals surface area contributed by atoms with Crippen molar-refractivity contribution in [3.8, 4) is 0 Å². The van der Waals surface area contributed by atoms with Gasteiger partial charge in [-0.15, -0.1) is 0 Å². The van der Waals surface area contributed by atoms with Crippen LogP contribution >= 0.6 is 23.2 Å². The number of amides is 1. The van der Waals surface area contributed by atoms with E-state index in [1.54, 1.807) is 28.0 Å². The molecule has 2 aliphatic rings. The van der Waals surface area contributed by atoms with Crippen molar-refractivity contribution < 1.29 is 31.1 Å². The minimum atomic E-state index is -4.94. The SMILES string of the molecule is O=C(CNC1CCN(Cc2ccccc2)CC1)N1CCN(Cc2cc(C(F)(F)F)cc(C(F)(F)F)c2)CC1c1ccc(Cl)c(Cl)c1. The van der Waals surface area contributed by atoms with Gasteiger partial charge in [0.2, 0.25) is 5.91 Å². The van der Waals surface area contributed by atoms with Crippen molar-refractivity contribution in [2.45, 2.75) is 50.4 Å². The van der Waals surface area contributed by atoms with Crippen LogP contribution in [0.15, 0.2) is 66.7 Å². The fraction of sp³-hybridized carbons (Fsp3) is 0.424. The second kappa shape index (κ2) is 14.5. The van der Waals surface area contributed by atoms with Crippen LogP contribution in [-0.4, -0.2) is 65.9 Å². The second-order valence-corrected chi connectivity index (χ2v) is 12.7. The van der Waals surface area contributed by atoms with E-state index in [2.05, 4.69) is 22.3 Å². The van der Waals surface area contributed by atoms with Crippen LogP contribution in [0.25, 0.3) is 0 Å². The average molecular weight is 688 g/mol. The first-order valence-corrected chi connectivity index (χ1v) is 15.8. The van der Waals surface area contributed by atoms with Crippen LogP contribution in [-0.2, 0) is 30.2 Å². The topological polar surface area (TPSA) is 38.8 Å². The summed E-state index contributed by atoms with van der Waals surface area (Å²) in [5.74, 6) is -0.152. The minimum Gasteiger partial charge on any atom is -0.332 e. The Labute approximate surface area is 274 Å². The van der Waals surface area contributed by atoms with E-state index in [1.165, 1.54) is 5.56 Å². The predicted molar refractivity (Wildman–Crippen MR) is 165 cm³/mol. The summed E-state index contributed by atoms with van der Waals surface area (Å²) in [7, 11) is 0. The maximum atomic E-state index is 13.6. The van der Waals surface area contributed by atoms with Gasteiger partial charge in [-0.3, -0.25) is 14.6 Å². The molecule has 0 spiro atoms. The fourth-order valence-electron chi connectivity index (χ4n) is 6.13. The lowest BCUT2D eigenvalue weighted by Crippen LogP contribution is -2.53. The molecule has 5 nitrogen and oxygen atoms in total. The summed E-state index contributed by atoms with van der Waals surface area (Å²) in [4.78, 5) is 19.4. The number of rotatable bonds is 8. The molecule has 0 bridgehead atoms. The molecule has 2 heterocycles. The van der Waals surface area contributed by atoms with E-state index < -0.39 is 29.5 Å². The molecule has 248 valence electrons. The number of hydrogen-bond donors (Lipinski definition) is 1. The maximum Gasteiger partial charge on any atom is 0.416 e. The number of carbonyl (C=O) groups is 1. The highest BCUT2D eigenvalue weighted by Crippen LogP contribution is 2.37. The lowest BCUT2D eigenvalue weighted by molar-refractivity contribution is -0.143. The van der Waals surface area contributed by atoms with Crippen molar-refractivity contribution >= 4 is 29.1 Å². The Hall–Kier alpha value is -2.83. The highest BCUT2D eigenvalue weighted by Gasteiger charge is 2.38. The third-order valence-electron chi connectivity index (χ3n) is 8.55. The lowest BCUT2D eigenvalue weighted by atomic mass is 10.00. The number of alkyl halides is 6. The molecule has 2 aliphatic heterocycles. The third-order valence-corrected chi connectivity index (χ3v) is 9.28. The molecule has 3 aromatic rings. The van der Waals surface area contributed by atoms with Crippen LogP contribution in [0.4, 0.5) is 26.3 Å². The number of piperazine rings is 1. The first-order chi connectivity index (χ1) is 21.8. The minimum absolute atomic E-state index is 0.101. The number of piperidine rings is 1. The molecule has 2 fully saturated rings. The smallest absolute Gasteiger partial charge is 0.332 e. The Morgan fingerprint density at radius 3 is 1.98 bits per heavy atom. The molecule has 3 aromatic carbocycles. The summed E-state index contributed by atoms with van der Waals surface area (Å²) in [6.45, 7) is 3.29. The number of likely N-dealkylation sites (tertiary alicyclic amines) is 1. The Bertz CT molecular complexity index is 1460. The highest BCUT2D eigenvalue weighted by molar-refractivity contribution is 6.42. The number of benzene rings is 3. The molecule has 1 amide bonds. The number of nitrogens with zero attached hydrogens (tertiary/aromatic N) is 3. The van der Waals surface area contributed by atoms with Crippen LogP contribution in [0.3, 0.4) is 0 Å². The van der Waals surface area contributed by atoms with E-state index in [0.717, 1.165) is 44.6 Å². The van der Waals surface area contributed by atoms with Gasteiger partial charge in [-0.2, -0.15) is 26.3 Å². The average Bonchev–Trinajstić information content (AvgIpc) is 3.01. The van der Waals surface area contributed by atoms with Gasteiger partial charge in [-0.1, -0.05) is 59.6 Å². The van der Waals surface area contributed by atoms with Crippen molar-refractivity contribution in [1.82, 2.24) is 20.0 Å². The lowest BCUT2D eigenvalue weighted by Gasteiger charge is -2.42. The molecule has 0 radical (unpaired) electrons. The number of halogens is 8. The summed E-state index contributed by atoms with van der Waals surface area (Å²) in [6.07, 6.45) is -8.09. The molecular formula is C33H34Cl2F6N4O. The third kappa shape index (κ3) is 8.95. The van der Waals surface area contributed by atoms with Gasteiger partial charge < -0.3 is 10.2 Å². The van der Waals surface area contributed by atoms with Crippen LogP contribution in [0, 0.1) is 0 Å². The number of nitrogens with one attached hydrogen (secondary N) is 1. The molecule has 1 atom stereocenters. The summed E-state index contributed by atoms with van der Waals surface area (Å²) < 4.78 is 80.8. The van der Waals surface area contributed by atoms with Crippen LogP contribution in [0.5, 0.6) is 0 Å². The summed E-state index contributed by atoms with van der Waals surface area (Å²) >= 11 is 12.4. The highest BCUT2D eigenvalue weighted by atomic mass is 35.5. The van der Waals surface area contributed by atoms with Gasteiger partial charge in [-0.25, -0.2) is 0 Å². The molecule has 5 rings (SSSR count). The van der Waals surface area contributed by atoms with Gasteiger partial charge >= 0.3 is 12.4 Å². The van der Waals surface area contributed by atoms with E-state index in [4.69, 9.17) is 23.2 Å². The Morgan fingerprint density at radius 2 is 1.37 bits per heavy atom. The zero-order valence-electron chi connectivity index (χ0n) is 24.9. The van der Waals surface area contributed by atoms with Gasteiger partial charge in [-0.05, 0) is 73.0 Å². The van der Waals surface area contributed by atoms with Gasteiger partial charge in [0.1, 0.15) is 0 Å². The van der Waals surface area contributed by atoms with Gasteiger partial charge in [0.15, 0.2) is 0 Å². The normalized spacial score (nSPS) is 19.0. The molecule has 2 saturated heterocycles. The van der Waals surface area contributed by atoms with Gasteiger partial charge in [0.05, 0.1) is 33.8 Å². The quantitative estimate of drug-likeness (QED) is 0.247. The van der Waals surface area contributed by atoms with Crippen molar-refractivity contribution in [3.05, 3.63) is 105 Å². The van der Waals surface area contributed by atoms with Crippen LogP contribution < -0.4 is 5.32 Å². The molecular weight excluding hydrogens is 653 g/mol. The van der Waals surface area contributed by atoms with Crippen molar-refractivity contribution in [3.63, 3.8) is 0 Å². The molecule has 0 saturated carbocycles. The Kier molecular flexibility index (Phi) is 10.9. The maximum absolute atomic E-state index is 13.6. The first kappa shape index (κ1) is 34.5. The molecule has 1 unspecified atom stereocenters. The fourth-order valence-corrected chi connectivity index (χ4v) is 6.43. The van der Waals surface area contributed by atoms with Gasteiger partial charge in [0.25, 0.3) is 0 Å². The Morgan fingerprint density at radius 1 is 0.739 bits per heavy atom. The molecule has 1 N–H and O–H groups in total. The monoisotopic (exact) mass is 686 g/mol. The van der Waals surface area contributed by atoms with Crippen LogP contribution in [0.1, 0.15) is 46.7 Å². The standard InChI is InChI=1S/C33H34Cl2F6N4O/c34-28-7-6-24(16-29(28)35)30-21-44(20-23-14-25(32(36,37)38)17-26(15-23)33(39,40)41)12-13-45(30)31(46)18-42-27-8-10-43(11-9-27)19-22-4-2-1-3-5-22/h1-7,14-17,27,30,42H,8-13,18-21H2. The van der Waals surface area contributed by atoms with Crippen molar-refractivity contribution in [1.29, 1.82) is 0 Å². The molecule has 13 heteroatoms. The molecule has 0 aromatic heterocycles. The largest absolute Gasteiger partial charge is 0.416 e. The number of carbonyl (C=O) groups excluding carboxylic acids is 1. The molecule has 46 heavy (non-hydrogen) atoms. The predicted octanol–water partition coefficient (Wildman–Crippen LogP) is 7.67. The zero-order valence-corrected chi connectivity index (χ0v) is 26.4. The van der Waals surface area contributed by atoms with Crippen molar-refractivity contribution in [2.24, 2.45) is 0 Å². The zero-order chi connectivity index (χ0) is 33.1. The molecule has 0 aliphatic carbocycles. The van der Waals surface area contributed by atoms with E-state index in [-0.39, 0.29) is 61.3 Å². The first-order valence-electron chi connectivity index (χ1n) is 15.0. The van der Waals surface area contributed by atoms with E-state index in [9.17, 15) is 31.1 Å². The van der Waals surface area contributed by atoms with E-state index in [0.29, 0.717) is 10.6 Å². The second-order valence-electron chi connectivity index (χ2n) is 11.8. The van der Waals surface area contributed by atoms with E-state index in [1.807, 2.05) is 18.2 Å². The summed E-state index contributed by atoms with van der Waals surface area (Å²) in [5.41, 5.74) is -0.907. The van der Waals surface area contributed by atoms with Crippen molar-refractivity contribution in [2.75, 3.05) is 39.3 Å². The van der Waals surface area contributed by atoms with Crippen LogP contribution in [0.2, 0.25) is 10.0 Å². The summed E-state index contributed by atoms with van der Waals surface area (Å²) in [6, 6.07) is 16.5. The summed E-state index contributed by atoms with van der Waals surface area (Å²) in [5, 5.41) is 3.99. The van der Waals surface area contributed by atoms with E-state index >= 15 is 0 Å². The van der Waals surface area contributed by atoms with Gasteiger partial charge in [0, 0.05) is 38.8 Å². The Balaban J connectivity index is 1.26.